The molecule has 1 N–H and O–H groups in total. The van der Waals surface area contributed by atoms with Crippen molar-refractivity contribution in [3.63, 3.8) is 0 Å². The average Bonchev–Trinajstić information content (AvgIpc) is 3.29. The molecule has 27 heavy (non-hydrogen) atoms. The Morgan fingerprint density at radius 3 is 2.70 bits per heavy atom. The van der Waals surface area contributed by atoms with Gasteiger partial charge in [-0.1, -0.05) is 50.7 Å². The number of carbonyl (C=O) groups is 2. The molecule has 144 valence electrons. The maximum absolute atomic E-state index is 12.6. The topological polar surface area (TPSA) is 75.2 Å². The summed E-state index contributed by atoms with van der Waals surface area (Å²) in [6.45, 7) is 6.75. The van der Waals surface area contributed by atoms with Gasteiger partial charge in [0.2, 0.25) is 16.9 Å². The van der Waals surface area contributed by atoms with Crippen LogP contribution in [0, 0.1) is 5.92 Å². The molecule has 2 aromatic rings. The third-order valence-electron chi connectivity index (χ3n) is 4.97. The number of amides is 2. The van der Waals surface area contributed by atoms with Gasteiger partial charge in [-0.15, -0.1) is 10.2 Å². The van der Waals surface area contributed by atoms with Gasteiger partial charge in [-0.3, -0.25) is 9.59 Å². The van der Waals surface area contributed by atoms with Crippen molar-refractivity contribution >= 4 is 34.0 Å². The second-order valence-electron chi connectivity index (χ2n) is 7.05. The van der Waals surface area contributed by atoms with E-state index in [1.807, 2.05) is 24.3 Å². The van der Waals surface area contributed by atoms with Crippen LogP contribution in [-0.2, 0) is 16.0 Å². The minimum atomic E-state index is -0.372. The van der Waals surface area contributed by atoms with E-state index in [0.29, 0.717) is 17.6 Å². The first-order chi connectivity index (χ1) is 13.0. The molecular formula is C20H26N4O2S. The standard InChI is InChI=1S/C20H26N4O2S/c1-4-6-13(3)19-22-23-20(27-19)21-18(26)15-11-17(25)24(12-15)16-9-7-14(5-2)8-10-16/h7-10,13,15H,4-6,11-12H2,1-3H3,(H,21,23,26). The predicted molar refractivity (Wildman–Crippen MR) is 108 cm³/mol. The van der Waals surface area contributed by atoms with Gasteiger partial charge in [0.05, 0.1) is 5.92 Å². The molecule has 2 amide bonds. The van der Waals surface area contributed by atoms with Crippen LogP contribution in [0.1, 0.15) is 56.5 Å². The molecule has 0 saturated carbocycles. The molecule has 0 radical (unpaired) electrons. The number of aryl methyl sites for hydroxylation is 1. The van der Waals surface area contributed by atoms with E-state index in [0.717, 1.165) is 30.0 Å². The van der Waals surface area contributed by atoms with Crippen molar-refractivity contribution in [2.75, 3.05) is 16.8 Å². The molecule has 2 heterocycles. The Morgan fingerprint density at radius 1 is 1.30 bits per heavy atom. The number of anilines is 2. The summed E-state index contributed by atoms with van der Waals surface area (Å²) in [6.07, 6.45) is 3.31. The molecule has 0 bridgehead atoms. The summed E-state index contributed by atoms with van der Waals surface area (Å²) in [4.78, 5) is 26.7. The number of rotatable bonds is 7. The Bertz CT molecular complexity index is 803. The van der Waals surface area contributed by atoms with Gasteiger partial charge >= 0.3 is 0 Å². The van der Waals surface area contributed by atoms with Crippen LogP contribution >= 0.6 is 11.3 Å². The van der Waals surface area contributed by atoms with Gasteiger partial charge in [-0.05, 0) is 30.5 Å². The largest absolute Gasteiger partial charge is 0.312 e. The van der Waals surface area contributed by atoms with Gasteiger partial charge in [0.15, 0.2) is 0 Å². The highest BCUT2D eigenvalue weighted by Gasteiger charge is 2.35. The van der Waals surface area contributed by atoms with Crippen LogP contribution in [-0.4, -0.2) is 28.6 Å². The summed E-state index contributed by atoms with van der Waals surface area (Å²) >= 11 is 1.42. The highest BCUT2D eigenvalue weighted by atomic mass is 32.1. The van der Waals surface area contributed by atoms with E-state index in [2.05, 4.69) is 36.3 Å². The van der Waals surface area contributed by atoms with E-state index in [9.17, 15) is 9.59 Å². The quantitative estimate of drug-likeness (QED) is 0.780. The van der Waals surface area contributed by atoms with Gasteiger partial charge in [0.1, 0.15) is 5.01 Å². The molecule has 1 saturated heterocycles. The molecular weight excluding hydrogens is 360 g/mol. The van der Waals surface area contributed by atoms with Gasteiger partial charge in [-0.2, -0.15) is 0 Å². The van der Waals surface area contributed by atoms with E-state index in [1.54, 1.807) is 4.90 Å². The SMILES string of the molecule is CCCC(C)c1nnc(NC(=O)C2CC(=O)N(c3ccc(CC)cc3)C2)s1. The number of nitrogens with one attached hydrogen (secondary N) is 1. The minimum Gasteiger partial charge on any atom is -0.312 e. The van der Waals surface area contributed by atoms with Crippen LogP contribution in [0.2, 0.25) is 0 Å². The normalized spacial score (nSPS) is 18.0. The van der Waals surface area contributed by atoms with E-state index < -0.39 is 0 Å². The van der Waals surface area contributed by atoms with Crippen molar-refractivity contribution in [2.24, 2.45) is 5.92 Å². The van der Waals surface area contributed by atoms with E-state index in [1.165, 1.54) is 16.9 Å². The Balaban J connectivity index is 1.62. The zero-order chi connectivity index (χ0) is 19.4. The van der Waals surface area contributed by atoms with Gasteiger partial charge in [0, 0.05) is 24.6 Å². The van der Waals surface area contributed by atoms with Gasteiger partial charge in [-0.25, -0.2) is 0 Å². The predicted octanol–water partition coefficient (Wildman–Crippen LogP) is 4.00. The lowest BCUT2D eigenvalue weighted by atomic mass is 10.1. The van der Waals surface area contributed by atoms with Crippen LogP contribution in [0.3, 0.4) is 0 Å². The number of carbonyl (C=O) groups excluding carboxylic acids is 2. The summed E-state index contributed by atoms with van der Waals surface area (Å²) in [5.41, 5.74) is 2.07. The monoisotopic (exact) mass is 386 g/mol. The van der Waals surface area contributed by atoms with Crippen molar-refractivity contribution in [3.8, 4) is 0 Å². The molecule has 0 spiro atoms. The first kappa shape index (κ1) is 19.5. The lowest BCUT2D eigenvalue weighted by Crippen LogP contribution is -2.28. The minimum absolute atomic E-state index is 0.0195. The molecule has 1 fully saturated rings. The molecule has 3 rings (SSSR count). The summed E-state index contributed by atoms with van der Waals surface area (Å²) < 4.78 is 0. The van der Waals surface area contributed by atoms with Crippen molar-refractivity contribution in [2.45, 2.75) is 52.4 Å². The number of benzene rings is 1. The zero-order valence-electron chi connectivity index (χ0n) is 16.1. The summed E-state index contributed by atoms with van der Waals surface area (Å²) in [5, 5.41) is 12.6. The summed E-state index contributed by atoms with van der Waals surface area (Å²) in [5.74, 6) is -0.215. The van der Waals surface area contributed by atoms with E-state index in [-0.39, 0.29) is 24.2 Å². The molecule has 1 aromatic carbocycles. The van der Waals surface area contributed by atoms with Crippen LogP contribution in [0.5, 0.6) is 0 Å². The maximum Gasteiger partial charge on any atom is 0.231 e. The Morgan fingerprint density at radius 2 is 2.04 bits per heavy atom. The second kappa shape index (κ2) is 8.61. The number of hydrogen-bond donors (Lipinski definition) is 1. The molecule has 0 aliphatic carbocycles. The Hall–Kier alpha value is -2.28. The maximum atomic E-state index is 12.6. The van der Waals surface area contributed by atoms with Crippen molar-refractivity contribution in [3.05, 3.63) is 34.8 Å². The second-order valence-corrected chi connectivity index (χ2v) is 8.06. The van der Waals surface area contributed by atoms with E-state index >= 15 is 0 Å². The van der Waals surface area contributed by atoms with Crippen molar-refractivity contribution in [1.82, 2.24) is 10.2 Å². The fraction of sp³-hybridized carbons (Fsp3) is 0.500. The fourth-order valence-electron chi connectivity index (χ4n) is 3.29. The summed E-state index contributed by atoms with van der Waals surface area (Å²) in [7, 11) is 0. The Labute approximate surface area is 164 Å². The van der Waals surface area contributed by atoms with Crippen LogP contribution < -0.4 is 10.2 Å². The third-order valence-corrected chi connectivity index (χ3v) is 6.04. The van der Waals surface area contributed by atoms with Crippen LogP contribution in [0.25, 0.3) is 0 Å². The highest BCUT2D eigenvalue weighted by Crippen LogP contribution is 2.29. The Kier molecular flexibility index (Phi) is 6.21. The first-order valence-corrected chi connectivity index (χ1v) is 10.4. The van der Waals surface area contributed by atoms with E-state index in [4.69, 9.17) is 0 Å². The lowest BCUT2D eigenvalue weighted by Gasteiger charge is -2.17. The molecule has 1 aliphatic rings. The zero-order valence-corrected chi connectivity index (χ0v) is 16.9. The smallest absolute Gasteiger partial charge is 0.231 e. The molecule has 1 aliphatic heterocycles. The molecule has 7 heteroatoms. The van der Waals surface area contributed by atoms with Gasteiger partial charge in [0.25, 0.3) is 0 Å². The van der Waals surface area contributed by atoms with Crippen LogP contribution in [0.4, 0.5) is 10.8 Å². The first-order valence-electron chi connectivity index (χ1n) is 9.55. The number of hydrogen-bond acceptors (Lipinski definition) is 5. The van der Waals surface area contributed by atoms with Crippen molar-refractivity contribution < 1.29 is 9.59 Å². The molecule has 2 atom stereocenters. The average molecular weight is 387 g/mol. The fourth-order valence-corrected chi connectivity index (χ4v) is 4.12. The highest BCUT2D eigenvalue weighted by molar-refractivity contribution is 7.15. The molecule has 2 unspecified atom stereocenters. The van der Waals surface area contributed by atoms with Gasteiger partial charge < -0.3 is 10.2 Å². The number of aromatic nitrogens is 2. The third kappa shape index (κ3) is 4.53. The molecule has 6 nitrogen and oxygen atoms in total. The van der Waals surface area contributed by atoms with Crippen molar-refractivity contribution in [1.29, 1.82) is 0 Å². The number of nitrogens with zero attached hydrogens (tertiary/aromatic N) is 3. The molecule has 1 aromatic heterocycles. The van der Waals surface area contributed by atoms with Crippen LogP contribution in [0.15, 0.2) is 24.3 Å². The lowest BCUT2D eigenvalue weighted by molar-refractivity contribution is -0.122. The summed E-state index contributed by atoms with van der Waals surface area (Å²) in [6, 6.07) is 7.94.